The number of aromatic nitrogens is 1. The van der Waals surface area contributed by atoms with Crippen molar-refractivity contribution >= 4 is 44.1 Å². The lowest BCUT2D eigenvalue weighted by Crippen LogP contribution is -2.14. The number of anilines is 1. The molecule has 0 saturated carbocycles. The first kappa shape index (κ1) is 14.0. The quantitative estimate of drug-likeness (QED) is 0.603. The molecule has 2 aromatic carbocycles. The lowest BCUT2D eigenvalue weighted by molar-refractivity contribution is -0.115. The second-order valence-electron chi connectivity index (χ2n) is 5.44. The number of carbonyl (C=O) groups excluding carboxylic acids is 1. The summed E-state index contributed by atoms with van der Waals surface area (Å²) in [6.45, 7) is 1.90. The van der Waals surface area contributed by atoms with Crippen molar-refractivity contribution in [1.82, 2.24) is 4.98 Å². The van der Waals surface area contributed by atoms with Gasteiger partial charge in [-0.15, -0.1) is 11.3 Å². The van der Waals surface area contributed by atoms with Gasteiger partial charge in [0.15, 0.2) is 5.13 Å². The number of amides is 1. The van der Waals surface area contributed by atoms with E-state index in [1.54, 1.807) is 6.26 Å². The first-order valence-corrected chi connectivity index (χ1v) is 8.18. The van der Waals surface area contributed by atoms with Crippen LogP contribution in [0.2, 0.25) is 0 Å². The Morgan fingerprint density at radius 1 is 1.26 bits per heavy atom. The van der Waals surface area contributed by atoms with Crippen LogP contribution in [0.15, 0.2) is 52.5 Å². The fourth-order valence-corrected chi connectivity index (χ4v) is 3.46. The van der Waals surface area contributed by atoms with Crippen LogP contribution in [0.25, 0.3) is 21.7 Å². The van der Waals surface area contributed by atoms with E-state index in [-0.39, 0.29) is 12.3 Å². The van der Waals surface area contributed by atoms with Crippen molar-refractivity contribution in [3.05, 3.63) is 59.3 Å². The van der Waals surface area contributed by atoms with Gasteiger partial charge in [0.05, 0.1) is 18.4 Å². The largest absolute Gasteiger partial charge is 0.464 e. The molecule has 4 nitrogen and oxygen atoms in total. The number of furan rings is 1. The van der Waals surface area contributed by atoms with Gasteiger partial charge in [-0.1, -0.05) is 30.3 Å². The van der Waals surface area contributed by atoms with Crippen LogP contribution in [-0.4, -0.2) is 10.9 Å². The molecule has 114 valence electrons. The van der Waals surface area contributed by atoms with Crippen molar-refractivity contribution in [2.24, 2.45) is 0 Å². The van der Waals surface area contributed by atoms with E-state index in [1.807, 2.05) is 36.6 Å². The maximum absolute atomic E-state index is 12.3. The van der Waals surface area contributed by atoms with Gasteiger partial charge in [-0.2, -0.15) is 0 Å². The van der Waals surface area contributed by atoms with E-state index in [1.165, 1.54) is 11.3 Å². The van der Waals surface area contributed by atoms with Crippen molar-refractivity contribution in [2.75, 3.05) is 5.32 Å². The average molecular weight is 322 g/mol. The summed E-state index contributed by atoms with van der Waals surface area (Å²) < 4.78 is 5.62. The molecular weight excluding hydrogens is 308 g/mol. The molecule has 1 N–H and O–H groups in total. The lowest BCUT2D eigenvalue weighted by Gasteiger charge is -2.03. The number of benzene rings is 2. The summed E-state index contributed by atoms with van der Waals surface area (Å²) in [5, 5.41) is 8.63. The van der Waals surface area contributed by atoms with E-state index in [4.69, 9.17) is 4.42 Å². The molecule has 0 saturated heterocycles. The molecule has 0 aliphatic heterocycles. The number of carbonyl (C=O) groups is 1. The average Bonchev–Trinajstić information content (AvgIpc) is 3.14. The van der Waals surface area contributed by atoms with E-state index < -0.39 is 0 Å². The van der Waals surface area contributed by atoms with E-state index in [2.05, 4.69) is 22.4 Å². The molecule has 0 spiro atoms. The molecular formula is C18H14N2O2S. The van der Waals surface area contributed by atoms with Gasteiger partial charge in [-0.3, -0.25) is 4.79 Å². The SMILES string of the molecule is Cc1csc(NC(=O)Cc2coc3ccc4ccccc4c23)n1. The Morgan fingerprint density at radius 3 is 2.96 bits per heavy atom. The second kappa shape index (κ2) is 5.52. The lowest BCUT2D eigenvalue weighted by atomic mass is 10.0. The number of thiazole rings is 1. The van der Waals surface area contributed by atoms with Crippen LogP contribution < -0.4 is 5.32 Å². The van der Waals surface area contributed by atoms with Crippen molar-refractivity contribution < 1.29 is 9.21 Å². The molecule has 4 aromatic rings. The maximum atomic E-state index is 12.3. The zero-order valence-electron chi connectivity index (χ0n) is 12.5. The summed E-state index contributed by atoms with van der Waals surface area (Å²) in [6, 6.07) is 12.1. The van der Waals surface area contributed by atoms with Crippen LogP contribution in [-0.2, 0) is 11.2 Å². The Bertz CT molecular complexity index is 1020. The predicted molar refractivity (Wildman–Crippen MR) is 92.9 cm³/mol. The topological polar surface area (TPSA) is 55.1 Å². The van der Waals surface area contributed by atoms with Gasteiger partial charge in [-0.05, 0) is 23.8 Å². The third-order valence-electron chi connectivity index (χ3n) is 3.76. The molecule has 0 fully saturated rings. The molecule has 1 amide bonds. The molecule has 0 bridgehead atoms. The summed E-state index contributed by atoms with van der Waals surface area (Å²) in [7, 11) is 0. The molecule has 4 rings (SSSR count). The van der Waals surface area contributed by atoms with E-state index in [0.29, 0.717) is 5.13 Å². The number of rotatable bonds is 3. The number of hydrogen-bond acceptors (Lipinski definition) is 4. The predicted octanol–water partition coefficient (Wildman–Crippen LogP) is 4.53. The highest BCUT2D eigenvalue weighted by atomic mass is 32.1. The van der Waals surface area contributed by atoms with Crippen LogP contribution in [0, 0.1) is 6.92 Å². The number of aryl methyl sites for hydroxylation is 1. The summed E-state index contributed by atoms with van der Waals surface area (Å²) in [5.74, 6) is -0.0880. The minimum Gasteiger partial charge on any atom is -0.464 e. The zero-order valence-corrected chi connectivity index (χ0v) is 13.3. The molecule has 0 aliphatic carbocycles. The fraction of sp³-hybridized carbons (Fsp3) is 0.111. The van der Waals surface area contributed by atoms with Crippen molar-refractivity contribution in [3.63, 3.8) is 0 Å². The molecule has 23 heavy (non-hydrogen) atoms. The number of nitrogens with one attached hydrogen (secondary N) is 1. The molecule has 0 radical (unpaired) electrons. The normalized spacial score (nSPS) is 11.2. The van der Waals surface area contributed by atoms with Gasteiger partial charge in [0.2, 0.25) is 5.91 Å². The number of fused-ring (bicyclic) bond motifs is 3. The van der Waals surface area contributed by atoms with Crippen molar-refractivity contribution in [3.8, 4) is 0 Å². The minimum atomic E-state index is -0.0880. The van der Waals surface area contributed by atoms with Gasteiger partial charge in [0.25, 0.3) is 0 Å². The molecule has 5 heteroatoms. The number of hydrogen-bond donors (Lipinski definition) is 1. The summed E-state index contributed by atoms with van der Waals surface area (Å²) in [5.41, 5.74) is 2.60. The number of nitrogens with zero attached hydrogens (tertiary/aromatic N) is 1. The van der Waals surface area contributed by atoms with Crippen molar-refractivity contribution in [1.29, 1.82) is 0 Å². The van der Waals surface area contributed by atoms with Crippen LogP contribution in [0.4, 0.5) is 5.13 Å². The van der Waals surface area contributed by atoms with E-state index in [0.717, 1.165) is 33.0 Å². The molecule has 0 aliphatic rings. The highest BCUT2D eigenvalue weighted by Crippen LogP contribution is 2.30. The fourth-order valence-electron chi connectivity index (χ4n) is 2.75. The summed E-state index contributed by atoms with van der Waals surface area (Å²) in [4.78, 5) is 16.5. The van der Waals surface area contributed by atoms with Gasteiger partial charge in [-0.25, -0.2) is 4.98 Å². The maximum Gasteiger partial charge on any atom is 0.230 e. The van der Waals surface area contributed by atoms with Crippen LogP contribution in [0.1, 0.15) is 11.3 Å². The highest BCUT2D eigenvalue weighted by molar-refractivity contribution is 7.13. The van der Waals surface area contributed by atoms with Crippen LogP contribution >= 0.6 is 11.3 Å². The smallest absolute Gasteiger partial charge is 0.230 e. The van der Waals surface area contributed by atoms with E-state index >= 15 is 0 Å². The van der Waals surface area contributed by atoms with Crippen LogP contribution in [0.3, 0.4) is 0 Å². The van der Waals surface area contributed by atoms with Crippen LogP contribution in [0.5, 0.6) is 0 Å². The Morgan fingerprint density at radius 2 is 2.13 bits per heavy atom. The van der Waals surface area contributed by atoms with Gasteiger partial charge in [0.1, 0.15) is 5.58 Å². The highest BCUT2D eigenvalue weighted by Gasteiger charge is 2.14. The Labute approximate surface area is 136 Å². The first-order valence-electron chi connectivity index (χ1n) is 7.30. The monoisotopic (exact) mass is 322 g/mol. The first-order chi connectivity index (χ1) is 11.2. The van der Waals surface area contributed by atoms with E-state index in [9.17, 15) is 4.79 Å². The van der Waals surface area contributed by atoms with Gasteiger partial charge in [0, 0.05) is 16.3 Å². The molecule has 0 atom stereocenters. The Kier molecular flexibility index (Phi) is 3.35. The molecule has 2 aromatic heterocycles. The Balaban J connectivity index is 1.68. The second-order valence-corrected chi connectivity index (χ2v) is 6.30. The molecule has 0 unspecified atom stereocenters. The zero-order chi connectivity index (χ0) is 15.8. The third kappa shape index (κ3) is 2.59. The van der Waals surface area contributed by atoms with Crippen molar-refractivity contribution in [2.45, 2.75) is 13.3 Å². The Hall–Kier alpha value is -2.66. The van der Waals surface area contributed by atoms with Gasteiger partial charge < -0.3 is 9.73 Å². The molecule has 2 heterocycles. The summed E-state index contributed by atoms with van der Waals surface area (Å²) in [6.07, 6.45) is 1.93. The van der Waals surface area contributed by atoms with Gasteiger partial charge >= 0.3 is 0 Å². The standard InChI is InChI=1S/C18H14N2O2S/c1-11-10-23-18(19-11)20-16(21)8-13-9-22-15-7-6-12-4-2-3-5-14(12)17(13)15/h2-7,9-10H,8H2,1H3,(H,19,20,21). The minimum absolute atomic E-state index is 0.0880. The third-order valence-corrected chi connectivity index (χ3v) is 4.63. The summed E-state index contributed by atoms with van der Waals surface area (Å²) >= 11 is 1.43.